The van der Waals surface area contributed by atoms with Crippen molar-refractivity contribution in [3.63, 3.8) is 0 Å². The Balaban J connectivity index is 2.11. The summed E-state index contributed by atoms with van der Waals surface area (Å²) in [5.74, 6) is -1.13. The summed E-state index contributed by atoms with van der Waals surface area (Å²) in [6, 6.07) is 0. The molecule has 2 aliphatic rings. The molecule has 1 heterocycles. The third-order valence-corrected chi connectivity index (χ3v) is 3.41. The summed E-state index contributed by atoms with van der Waals surface area (Å²) in [4.78, 5) is 20.5. The van der Waals surface area contributed by atoms with Crippen LogP contribution in [0.5, 0.6) is 0 Å². The highest BCUT2D eigenvalue weighted by molar-refractivity contribution is 4.88. The lowest BCUT2D eigenvalue weighted by atomic mass is 9.79. The van der Waals surface area contributed by atoms with E-state index in [0.29, 0.717) is 0 Å². The molecular formula is C10H18O5. The maximum absolute atomic E-state index is 5.34. The van der Waals surface area contributed by atoms with Gasteiger partial charge in [-0.25, -0.2) is 4.89 Å². The van der Waals surface area contributed by atoms with Crippen LogP contribution >= 0.6 is 0 Å². The van der Waals surface area contributed by atoms with Gasteiger partial charge in [-0.2, -0.15) is 14.7 Å². The second-order valence-corrected chi connectivity index (χ2v) is 4.34. The molecule has 0 radical (unpaired) electrons. The van der Waals surface area contributed by atoms with E-state index in [0.717, 1.165) is 25.7 Å². The monoisotopic (exact) mass is 218 g/mol. The maximum atomic E-state index is 5.34. The van der Waals surface area contributed by atoms with Crippen molar-refractivity contribution < 1.29 is 24.3 Å². The second-order valence-electron chi connectivity index (χ2n) is 4.34. The van der Waals surface area contributed by atoms with Gasteiger partial charge in [0.2, 0.25) is 11.6 Å². The molecule has 1 aliphatic heterocycles. The van der Waals surface area contributed by atoms with E-state index in [-0.39, 0.29) is 5.92 Å². The van der Waals surface area contributed by atoms with Gasteiger partial charge in [-0.1, -0.05) is 0 Å². The molecular weight excluding hydrogens is 200 g/mol. The smallest absolute Gasteiger partial charge is 0.234 e. The van der Waals surface area contributed by atoms with E-state index in [1.54, 1.807) is 7.11 Å². The first-order valence-corrected chi connectivity index (χ1v) is 5.28. The highest BCUT2D eigenvalue weighted by Crippen LogP contribution is 2.47. The van der Waals surface area contributed by atoms with Gasteiger partial charge in [-0.15, -0.1) is 0 Å². The van der Waals surface area contributed by atoms with Crippen LogP contribution in [0.3, 0.4) is 0 Å². The van der Waals surface area contributed by atoms with E-state index in [9.17, 15) is 0 Å². The molecule has 5 heteroatoms. The van der Waals surface area contributed by atoms with E-state index in [2.05, 4.69) is 0 Å². The van der Waals surface area contributed by atoms with Crippen LogP contribution in [0.4, 0.5) is 0 Å². The van der Waals surface area contributed by atoms with Gasteiger partial charge in [0, 0.05) is 25.9 Å². The summed E-state index contributed by atoms with van der Waals surface area (Å²) < 4.78 is 5.34. The standard InChI is InChI=1S/C10H18O5/c1-9(11-2)8-5-4-6-10(7-8,14-12-3)15-13-9/h8H,4-7H2,1-3H3/t8-,9+,10+/m1/s1. The summed E-state index contributed by atoms with van der Waals surface area (Å²) in [6.07, 6.45) is 3.61. The number of hydrogen-bond acceptors (Lipinski definition) is 5. The summed E-state index contributed by atoms with van der Waals surface area (Å²) in [6.45, 7) is 1.89. The zero-order chi connectivity index (χ0) is 10.9. The topological polar surface area (TPSA) is 46.2 Å². The van der Waals surface area contributed by atoms with Crippen LogP contribution in [-0.2, 0) is 24.3 Å². The van der Waals surface area contributed by atoms with Gasteiger partial charge >= 0.3 is 0 Å². The van der Waals surface area contributed by atoms with Crippen molar-refractivity contribution in [1.82, 2.24) is 0 Å². The Morgan fingerprint density at radius 1 is 1.27 bits per heavy atom. The predicted molar refractivity (Wildman–Crippen MR) is 50.4 cm³/mol. The Kier molecular flexibility index (Phi) is 3.00. The van der Waals surface area contributed by atoms with Gasteiger partial charge < -0.3 is 4.74 Å². The zero-order valence-corrected chi connectivity index (χ0v) is 9.45. The van der Waals surface area contributed by atoms with E-state index >= 15 is 0 Å². The van der Waals surface area contributed by atoms with Crippen molar-refractivity contribution >= 4 is 0 Å². The summed E-state index contributed by atoms with van der Waals surface area (Å²) in [5.41, 5.74) is 0. The van der Waals surface area contributed by atoms with Crippen molar-refractivity contribution in [3.05, 3.63) is 0 Å². The van der Waals surface area contributed by atoms with E-state index in [4.69, 9.17) is 24.3 Å². The molecule has 0 N–H and O–H groups in total. The maximum Gasteiger partial charge on any atom is 0.234 e. The molecule has 0 spiro atoms. The van der Waals surface area contributed by atoms with Gasteiger partial charge in [0.25, 0.3) is 0 Å². The molecule has 0 amide bonds. The molecule has 0 aromatic rings. The van der Waals surface area contributed by atoms with Crippen molar-refractivity contribution in [2.45, 2.75) is 44.2 Å². The van der Waals surface area contributed by atoms with Gasteiger partial charge in [0.05, 0.1) is 7.11 Å². The summed E-state index contributed by atoms with van der Waals surface area (Å²) in [7, 11) is 3.11. The number of rotatable bonds is 3. The molecule has 2 fully saturated rings. The minimum Gasteiger partial charge on any atom is -0.351 e. The second kappa shape index (κ2) is 3.99. The van der Waals surface area contributed by atoms with Gasteiger partial charge in [0.15, 0.2) is 0 Å². The number of ether oxygens (including phenoxy) is 1. The van der Waals surface area contributed by atoms with Crippen molar-refractivity contribution in [2.24, 2.45) is 5.92 Å². The molecule has 1 saturated heterocycles. The van der Waals surface area contributed by atoms with Gasteiger partial charge in [0.1, 0.15) is 0 Å². The lowest BCUT2D eigenvalue weighted by Crippen LogP contribution is -2.55. The van der Waals surface area contributed by atoms with Crippen LogP contribution in [0, 0.1) is 5.92 Å². The van der Waals surface area contributed by atoms with Crippen LogP contribution < -0.4 is 0 Å². The fourth-order valence-corrected chi connectivity index (χ4v) is 2.39. The van der Waals surface area contributed by atoms with Crippen molar-refractivity contribution in [1.29, 1.82) is 0 Å². The third-order valence-electron chi connectivity index (χ3n) is 3.41. The molecule has 1 saturated carbocycles. The predicted octanol–water partition coefficient (Wildman–Crippen LogP) is 1.78. The molecule has 88 valence electrons. The molecule has 5 nitrogen and oxygen atoms in total. The van der Waals surface area contributed by atoms with Crippen molar-refractivity contribution in [3.8, 4) is 0 Å². The quantitative estimate of drug-likeness (QED) is 0.533. The molecule has 1 aliphatic carbocycles. The first-order valence-electron chi connectivity index (χ1n) is 5.28. The fraction of sp³-hybridized carbons (Fsp3) is 1.00. The minimum atomic E-state index is -0.740. The van der Waals surface area contributed by atoms with E-state index in [1.807, 2.05) is 6.92 Å². The lowest BCUT2D eigenvalue weighted by Gasteiger charge is -2.49. The van der Waals surface area contributed by atoms with E-state index < -0.39 is 11.6 Å². The number of methoxy groups -OCH3 is 1. The molecule has 15 heavy (non-hydrogen) atoms. The Bertz CT molecular complexity index is 230. The van der Waals surface area contributed by atoms with Crippen LogP contribution in [0.25, 0.3) is 0 Å². The first-order chi connectivity index (χ1) is 7.14. The van der Waals surface area contributed by atoms with Crippen LogP contribution in [0.15, 0.2) is 0 Å². The first kappa shape index (κ1) is 11.3. The molecule has 0 aromatic carbocycles. The Labute approximate surface area is 89.4 Å². The summed E-state index contributed by atoms with van der Waals surface area (Å²) >= 11 is 0. The molecule has 0 aromatic heterocycles. The Morgan fingerprint density at radius 2 is 2.07 bits per heavy atom. The largest absolute Gasteiger partial charge is 0.351 e. The van der Waals surface area contributed by atoms with E-state index in [1.165, 1.54) is 7.11 Å². The average molecular weight is 218 g/mol. The van der Waals surface area contributed by atoms with Gasteiger partial charge in [-0.05, 0) is 19.8 Å². The Morgan fingerprint density at radius 3 is 2.73 bits per heavy atom. The highest BCUT2D eigenvalue weighted by atomic mass is 17.3. The molecule has 3 atom stereocenters. The molecule has 0 unspecified atom stereocenters. The van der Waals surface area contributed by atoms with Crippen LogP contribution in [-0.4, -0.2) is 25.8 Å². The fourth-order valence-electron chi connectivity index (χ4n) is 2.39. The lowest BCUT2D eigenvalue weighted by molar-refractivity contribution is -0.584. The SMILES string of the molecule is COO[C@]12CCC[C@H](C1)[C@@](C)(OC)OO2. The summed E-state index contributed by atoms with van der Waals surface area (Å²) in [5, 5.41) is 0. The molecule has 2 rings (SSSR count). The third kappa shape index (κ3) is 1.90. The minimum absolute atomic E-state index is 0.278. The van der Waals surface area contributed by atoms with Gasteiger partial charge in [-0.3, -0.25) is 0 Å². The zero-order valence-electron chi connectivity index (χ0n) is 9.45. The highest BCUT2D eigenvalue weighted by Gasteiger charge is 2.54. The van der Waals surface area contributed by atoms with Crippen molar-refractivity contribution in [2.75, 3.05) is 14.2 Å². The van der Waals surface area contributed by atoms with Crippen LogP contribution in [0.2, 0.25) is 0 Å². The molecule has 2 bridgehead atoms. The average Bonchev–Trinajstić information content (AvgIpc) is 2.26. The normalized spacial score (nSPS) is 45.4. The number of hydrogen-bond donors (Lipinski definition) is 0. The van der Waals surface area contributed by atoms with Crippen LogP contribution in [0.1, 0.15) is 32.6 Å². The number of fused-ring (bicyclic) bond motifs is 2. The Hall–Kier alpha value is -0.200.